The quantitative estimate of drug-likeness (QED) is 0.856. The summed E-state index contributed by atoms with van der Waals surface area (Å²) in [5.74, 6) is 1.13. The van der Waals surface area contributed by atoms with Crippen LogP contribution in [0.5, 0.6) is 0 Å². The first kappa shape index (κ1) is 11.1. The van der Waals surface area contributed by atoms with Crippen molar-refractivity contribution in [1.29, 1.82) is 0 Å². The first-order valence-corrected chi connectivity index (χ1v) is 6.77. The van der Waals surface area contributed by atoms with Crippen molar-refractivity contribution < 1.29 is 0 Å². The Labute approximate surface area is 95.9 Å². The van der Waals surface area contributed by atoms with Crippen LogP contribution in [-0.4, -0.2) is 11.0 Å². The van der Waals surface area contributed by atoms with Gasteiger partial charge in [0.1, 0.15) is 0 Å². The smallest absolute Gasteiger partial charge is 0.0959 e. The highest BCUT2D eigenvalue weighted by molar-refractivity contribution is 7.09. The molecule has 2 rings (SSSR count). The summed E-state index contributed by atoms with van der Waals surface area (Å²) >= 11 is 1.83. The standard InChI is InChI=1S/C12H20N2S/c1-8(9(2)13)11-7-15-12(14-11)10-5-3-4-6-10/h7-10H,3-6,13H2,1-2H3. The lowest BCUT2D eigenvalue weighted by molar-refractivity contribution is 0.596. The number of aromatic nitrogens is 1. The molecule has 1 aliphatic carbocycles. The van der Waals surface area contributed by atoms with Crippen LogP contribution >= 0.6 is 11.3 Å². The van der Waals surface area contributed by atoms with Gasteiger partial charge in [-0.1, -0.05) is 19.8 Å². The minimum atomic E-state index is 0.198. The third-order valence-electron chi connectivity index (χ3n) is 3.50. The van der Waals surface area contributed by atoms with E-state index in [0.29, 0.717) is 5.92 Å². The molecule has 3 heteroatoms. The van der Waals surface area contributed by atoms with Crippen molar-refractivity contribution in [2.24, 2.45) is 5.73 Å². The molecule has 1 aromatic heterocycles. The van der Waals surface area contributed by atoms with Gasteiger partial charge in [0.2, 0.25) is 0 Å². The molecule has 0 amide bonds. The average Bonchev–Trinajstić information content (AvgIpc) is 2.86. The molecule has 1 heterocycles. The predicted molar refractivity (Wildman–Crippen MR) is 65.4 cm³/mol. The molecule has 2 atom stereocenters. The molecule has 1 saturated carbocycles. The van der Waals surface area contributed by atoms with Gasteiger partial charge in [0.25, 0.3) is 0 Å². The van der Waals surface area contributed by atoms with E-state index < -0.39 is 0 Å². The van der Waals surface area contributed by atoms with Crippen molar-refractivity contribution in [1.82, 2.24) is 4.98 Å². The molecule has 2 N–H and O–H groups in total. The van der Waals surface area contributed by atoms with Crippen LogP contribution in [0.15, 0.2) is 5.38 Å². The average molecular weight is 224 g/mol. The van der Waals surface area contributed by atoms with E-state index in [-0.39, 0.29) is 6.04 Å². The monoisotopic (exact) mass is 224 g/mol. The summed E-state index contributed by atoms with van der Waals surface area (Å²) in [6.07, 6.45) is 5.42. The Balaban J connectivity index is 2.09. The number of thiazole rings is 1. The second-order valence-corrected chi connectivity index (χ2v) is 5.63. The minimum absolute atomic E-state index is 0.198. The lowest BCUT2D eigenvalue weighted by Gasteiger charge is -2.12. The van der Waals surface area contributed by atoms with Gasteiger partial charge in [0, 0.05) is 23.3 Å². The molecule has 1 aromatic rings. The second-order valence-electron chi connectivity index (χ2n) is 4.74. The van der Waals surface area contributed by atoms with Gasteiger partial charge in [-0.05, 0) is 19.8 Å². The molecule has 0 aromatic carbocycles. The zero-order chi connectivity index (χ0) is 10.8. The van der Waals surface area contributed by atoms with Gasteiger partial charge >= 0.3 is 0 Å². The van der Waals surface area contributed by atoms with E-state index in [2.05, 4.69) is 19.2 Å². The zero-order valence-corrected chi connectivity index (χ0v) is 10.4. The van der Waals surface area contributed by atoms with Gasteiger partial charge < -0.3 is 5.73 Å². The molecular formula is C12H20N2S. The molecule has 0 aliphatic heterocycles. The zero-order valence-electron chi connectivity index (χ0n) is 9.57. The normalized spacial score (nSPS) is 21.8. The third-order valence-corrected chi connectivity index (χ3v) is 4.52. The van der Waals surface area contributed by atoms with Gasteiger partial charge in [-0.25, -0.2) is 4.98 Å². The van der Waals surface area contributed by atoms with Crippen LogP contribution in [-0.2, 0) is 0 Å². The highest BCUT2D eigenvalue weighted by Gasteiger charge is 2.21. The Hall–Kier alpha value is -0.410. The Kier molecular flexibility index (Phi) is 3.42. The molecule has 0 bridgehead atoms. The SMILES string of the molecule is CC(N)C(C)c1csc(C2CCCC2)n1. The molecule has 1 aliphatic rings. The molecule has 0 spiro atoms. The van der Waals surface area contributed by atoms with Crippen molar-refractivity contribution in [3.63, 3.8) is 0 Å². The molecule has 0 saturated heterocycles. The Morgan fingerprint density at radius 3 is 2.67 bits per heavy atom. The lowest BCUT2D eigenvalue weighted by Crippen LogP contribution is -2.22. The van der Waals surface area contributed by atoms with E-state index in [1.54, 1.807) is 0 Å². The molecular weight excluding hydrogens is 204 g/mol. The fourth-order valence-electron chi connectivity index (χ4n) is 2.14. The second kappa shape index (κ2) is 4.62. The predicted octanol–water partition coefficient (Wildman–Crippen LogP) is 3.25. The van der Waals surface area contributed by atoms with Crippen LogP contribution in [0, 0.1) is 0 Å². The number of nitrogens with zero attached hydrogens (tertiary/aromatic N) is 1. The van der Waals surface area contributed by atoms with Crippen LogP contribution in [0.4, 0.5) is 0 Å². The van der Waals surface area contributed by atoms with Gasteiger partial charge in [0.05, 0.1) is 10.7 Å². The molecule has 0 radical (unpaired) electrons. The fraction of sp³-hybridized carbons (Fsp3) is 0.750. The Bertz CT molecular complexity index is 297. The summed E-state index contributed by atoms with van der Waals surface area (Å²) < 4.78 is 0. The van der Waals surface area contributed by atoms with E-state index in [9.17, 15) is 0 Å². The van der Waals surface area contributed by atoms with Crippen molar-refractivity contribution in [3.8, 4) is 0 Å². The summed E-state index contributed by atoms with van der Waals surface area (Å²) in [5, 5.41) is 3.54. The molecule has 2 unspecified atom stereocenters. The number of nitrogens with two attached hydrogens (primary N) is 1. The largest absolute Gasteiger partial charge is 0.327 e. The van der Waals surface area contributed by atoms with Gasteiger partial charge in [-0.2, -0.15) is 0 Å². The number of rotatable bonds is 3. The number of hydrogen-bond acceptors (Lipinski definition) is 3. The maximum Gasteiger partial charge on any atom is 0.0959 e. The van der Waals surface area contributed by atoms with Crippen LogP contribution < -0.4 is 5.73 Å². The third kappa shape index (κ3) is 2.40. The fourth-order valence-corrected chi connectivity index (χ4v) is 3.23. The van der Waals surface area contributed by atoms with Gasteiger partial charge in [-0.3, -0.25) is 0 Å². The Morgan fingerprint density at radius 2 is 2.07 bits per heavy atom. The summed E-state index contributed by atoms with van der Waals surface area (Å²) in [7, 11) is 0. The lowest BCUT2D eigenvalue weighted by atomic mass is 10.0. The van der Waals surface area contributed by atoms with E-state index in [1.165, 1.54) is 36.4 Å². The van der Waals surface area contributed by atoms with Crippen LogP contribution in [0.25, 0.3) is 0 Å². The van der Waals surface area contributed by atoms with Crippen LogP contribution in [0.3, 0.4) is 0 Å². The van der Waals surface area contributed by atoms with Crippen molar-refractivity contribution >= 4 is 11.3 Å². The van der Waals surface area contributed by atoms with Crippen molar-refractivity contribution in [2.75, 3.05) is 0 Å². The molecule has 2 nitrogen and oxygen atoms in total. The van der Waals surface area contributed by atoms with Gasteiger partial charge in [-0.15, -0.1) is 11.3 Å². The van der Waals surface area contributed by atoms with E-state index in [0.717, 1.165) is 5.92 Å². The van der Waals surface area contributed by atoms with E-state index in [4.69, 9.17) is 10.7 Å². The summed E-state index contributed by atoms with van der Waals surface area (Å²) in [6.45, 7) is 4.22. The molecule has 84 valence electrons. The first-order valence-electron chi connectivity index (χ1n) is 5.89. The van der Waals surface area contributed by atoms with E-state index >= 15 is 0 Å². The maximum atomic E-state index is 5.90. The van der Waals surface area contributed by atoms with Gasteiger partial charge in [0.15, 0.2) is 0 Å². The molecule has 15 heavy (non-hydrogen) atoms. The topological polar surface area (TPSA) is 38.9 Å². The minimum Gasteiger partial charge on any atom is -0.327 e. The first-order chi connectivity index (χ1) is 7.18. The maximum absolute atomic E-state index is 5.90. The van der Waals surface area contributed by atoms with Crippen LogP contribution in [0.1, 0.15) is 62.1 Å². The Morgan fingerprint density at radius 1 is 1.40 bits per heavy atom. The van der Waals surface area contributed by atoms with Crippen LogP contribution in [0.2, 0.25) is 0 Å². The number of hydrogen-bond donors (Lipinski definition) is 1. The summed E-state index contributed by atoms with van der Waals surface area (Å²) in [5.41, 5.74) is 7.09. The van der Waals surface area contributed by atoms with Crippen molar-refractivity contribution in [2.45, 2.75) is 57.4 Å². The summed E-state index contributed by atoms with van der Waals surface area (Å²) in [4.78, 5) is 4.75. The summed E-state index contributed by atoms with van der Waals surface area (Å²) in [6, 6.07) is 0.198. The molecule has 1 fully saturated rings. The van der Waals surface area contributed by atoms with Crippen molar-refractivity contribution in [3.05, 3.63) is 16.1 Å². The highest BCUT2D eigenvalue weighted by Crippen LogP contribution is 2.36. The van der Waals surface area contributed by atoms with E-state index in [1.807, 2.05) is 11.3 Å². The highest BCUT2D eigenvalue weighted by atomic mass is 32.1.